The first-order chi connectivity index (χ1) is 15.6. The van der Waals surface area contributed by atoms with Gasteiger partial charge in [-0.2, -0.15) is 0 Å². The fourth-order valence-corrected chi connectivity index (χ4v) is 3.00. The highest BCUT2D eigenvalue weighted by Gasteiger charge is 2.19. The Morgan fingerprint density at radius 2 is 1.53 bits per heavy atom. The van der Waals surface area contributed by atoms with Crippen molar-refractivity contribution in [2.24, 2.45) is 5.16 Å². The minimum Gasteiger partial charge on any atom is -0.457 e. The van der Waals surface area contributed by atoms with Crippen molar-refractivity contribution < 1.29 is 23.8 Å². The van der Waals surface area contributed by atoms with E-state index < -0.39 is 6.09 Å². The van der Waals surface area contributed by atoms with Crippen LogP contribution < -0.4 is 9.64 Å². The average molecular weight is 434 g/mol. The van der Waals surface area contributed by atoms with Crippen molar-refractivity contribution in [2.45, 2.75) is 13.5 Å². The van der Waals surface area contributed by atoms with Gasteiger partial charge in [0.25, 0.3) is 0 Å². The molecule has 0 spiro atoms. The summed E-state index contributed by atoms with van der Waals surface area (Å²) < 4.78 is 15.8. The third-order valence-electron chi connectivity index (χ3n) is 4.61. The number of oxime groups is 1. The van der Waals surface area contributed by atoms with E-state index in [0.717, 1.165) is 28.3 Å². The van der Waals surface area contributed by atoms with E-state index in [4.69, 9.17) is 19.0 Å². The van der Waals surface area contributed by atoms with Gasteiger partial charge in [-0.05, 0) is 55.0 Å². The second-order valence-electron chi connectivity index (χ2n) is 6.83. The van der Waals surface area contributed by atoms with E-state index in [0.29, 0.717) is 5.69 Å². The summed E-state index contributed by atoms with van der Waals surface area (Å²) in [6.45, 7) is 2.11. The van der Waals surface area contributed by atoms with Gasteiger partial charge in [0, 0.05) is 12.7 Å². The number of ether oxygens (including phenoxy) is 3. The lowest BCUT2D eigenvalue weighted by Gasteiger charge is -2.22. The maximum atomic E-state index is 12.1. The molecular weight excluding hydrogens is 408 g/mol. The number of nitrogens with zero attached hydrogens (tertiary/aromatic N) is 2. The number of amides is 1. The predicted molar refractivity (Wildman–Crippen MR) is 123 cm³/mol. The summed E-state index contributed by atoms with van der Waals surface area (Å²) in [6, 6.07) is 24.6. The van der Waals surface area contributed by atoms with E-state index in [1.54, 1.807) is 6.07 Å². The molecule has 0 aliphatic rings. The Balaban J connectivity index is 1.65. The van der Waals surface area contributed by atoms with Crippen molar-refractivity contribution in [1.82, 2.24) is 0 Å². The predicted octanol–water partition coefficient (Wildman–Crippen LogP) is 5.60. The number of carbonyl (C=O) groups excluding carboxylic acids is 1. The Bertz CT molecular complexity index is 1040. The fraction of sp³-hybridized carbons (Fsp3) is 0.200. The Kier molecular flexibility index (Phi) is 8.22. The summed E-state index contributed by atoms with van der Waals surface area (Å²) in [5.41, 5.74) is 3.04. The van der Waals surface area contributed by atoms with Gasteiger partial charge >= 0.3 is 6.09 Å². The third kappa shape index (κ3) is 6.09. The van der Waals surface area contributed by atoms with Gasteiger partial charge in [0.05, 0.1) is 18.5 Å². The summed E-state index contributed by atoms with van der Waals surface area (Å²) in [6.07, 6.45) is -0.517. The molecule has 0 saturated carbocycles. The van der Waals surface area contributed by atoms with Crippen LogP contribution >= 0.6 is 0 Å². The Morgan fingerprint density at radius 3 is 2.22 bits per heavy atom. The zero-order chi connectivity index (χ0) is 22.8. The molecule has 3 rings (SSSR count). The standard InChI is InChI=1S/C25H26N2O5/c1-19(20-13-15-23(16-14-20)32-22-10-5-4-6-11-22)26-31-17-21-9-7-8-12-24(21)27(18-29-2)25(28)30-3/h4-16H,17-18H2,1-3H3/b26-19+. The molecule has 0 atom stereocenters. The van der Waals surface area contributed by atoms with Crippen LogP contribution in [-0.2, 0) is 20.9 Å². The van der Waals surface area contributed by atoms with Gasteiger partial charge in [0.15, 0.2) is 0 Å². The second-order valence-corrected chi connectivity index (χ2v) is 6.83. The van der Waals surface area contributed by atoms with Gasteiger partial charge in [-0.3, -0.25) is 4.90 Å². The van der Waals surface area contributed by atoms with Crippen LogP contribution in [0.4, 0.5) is 10.5 Å². The summed E-state index contributed by atoms with van der Waals surface area (Å²) in [4.78, 5) is 19.1. The molecular formula is C25H26N2O5. The molecule has 3 aromatic rings. The second kappa shape index (κ2) is 11.5. The molecule has 3 aromatic carbocycles. The smallest absolute Gasteiger partial charge is 0.415 e. The van der Waals surface area contributed by atoms with Crippen molar-refractivity contribution >= 4 is 17.5 Å². The number of hydrogen-bond acceptors (Lipinski definition) is 6. The molecule has 0 aliphatic carbocycles. The van der Waals surface area contributed by atoms with Crippen LogP contribution in [0.15, 0.2) is 84.0 Å². The number of rotatable bonds is 9. The first-order valence-corrected chi connectivity index (χ1v) is 10.0. The van der Waals surface area contributed by atoms with E-state index in [1.165, 1.54) is 19.1 Å². The molecule has 166 valence electrons. The van der Waals surface area contributed by atoms with E-state index >= 15 is 0 Å². The normalized spacial score (nSPS) is 11.0. The number of hydrogen-bond donors (Lipinski definition) is 0. The topological polar surface area (TPSA) is 69.6 Å². The van der Waals surface area contributed by atoms with Crippen molar-refractivity contribution in [2.75, 3.05) is 25.9 Å². The Hall–Kier alpha value is -3.84. The van der Waals surface area contributed by atoms with Crippen LogP contribution in [0.1, 0.15) is 18.1 Å². The average Bonchev–Trinajstić information content (AvgIpc) is 2.83. The number of anilines is 1. The van der Waals surface area contributed by atoms with Gasteiger partial charge in [-0.1, -0.05) is 41.6 Å². The van der Waals surface area contributed by atoms with E-state index in [1.807, 2.05) is 79.7 Å². The zero-order valence-electron chi connectivity index (χ0n) is 18.4. The molecule has 0 aromatic heterocycles. The van der Waals surface area contributed by atoms with Crippen LogP contribution in [0.3, 0.4) is 0 Å². The van der Waals surface area contributed by atoms with Crippen LogP contribution in [0.2, 0.25) is 0 Å². The molecule has 0 heterocycles. The Labute approximate surface area is 187 Å². The highest BCUT2D eigenvalue weighted by atomic mass is 16.6. The molecule has 0 saturated heterocycles. The monoisotopic (exact) mass is 434 g/mol. The minimum absolute atomic E-state index is 0.0589. The molecule has 0 radical (unpaired) electrons. The van der Waals surface area contributed by atoms with Crippen molar-refractivity contribution in [3.8, 4) is 11.5 Å². The van der Waals surface area contributed by atoms with E-state index in [9.17, 15) is 4.79 Å². The van der Waals surface area contributed by atoms with Crippen LogP contribution in [0.5, 0.6) is 11.5 Å². The van der Waals surface area contributed by atoms with Gasteiger partial charge < -0.3 is 19.0 Å². The maximum absolute atomic E-state index is 12.1. The quantitative estimate of drug-likeness (QED) is 0.249. The molecule has 7 heteroatoms. The largest absolute Gasteiger partial charge is 0.457 e. The lowest BCUT2D eigenvalue weighted by atomic mass is 10.1. The van der Waals surface area contributed by atoms with Gasteiger partial charge in [-0.15, -0.1) is 0 Å². The van der Waals surface area contributed by atoms with Crippen LogP contribution in [0.25, 0.3) is 0 Å². The third-order valence-corrected chi connectivity index (χ3v) is 4.61. The summed E-state index contributed by atoms with van der Waals surface area (Å²) in [7, 11) is 2.84. The highest BCUT2D eigenvalue weighted by Crippen LogP contribution is 2.23. The molecule has 0 aliphatic heterocycles. The number of methoxy groups -OCH3 is 2. The van der Waals surface area contributed by atoms with Crippen molar-refractivity contribution in [3.05, 3.63) is 90.0 Å². The van der Waals surface area contributed by atoms with Crippen molar-refractivity contribution in [3.63, 3.8) is 0 Å². The van der Waals surface area contributed by atoms with Gasteiger partial charge in [0.1, 0.15) is 24.8 Å². The molecule has 7 nitrogen and oxygen atoms in total. The summed E-state index contributed by atoms with van der Waals surface area (Å²) in [5, 5.41) is 4.22. The lowest BCUT2D eigenvalue weighted by Crippen LogP contribution is -2.33. The SMILES string of the molecule is COCN(C(=O)OC)c1ccccc1CO/N=C(\C)c1ccc(Oc2ccccc2)cc1. The Morgan fingerprint density at radius 1 is 0.875 bits per heavy atom. The first-order valence-electron chi connectivity index (χ1n) is 10.0. The minimum atomic E-state index is -0.517. The highest BCUT2D eigenvalue weighted by molar-refractivity contribution is 5.98. The number of benzene rings is 3. The summed E-state index contributed by atoms with van der Waals surface area (Å²) >= 11 is 0. The fourth-order valence-electron chi connectivity index (χ4n) is 3.00. The molecule has 0 fully saturated rings. The molecule has 0 bridgehead atoms. The van der Waals surface area contributed by atoms with Gasteiger partial charge in [0.2, 0.25) is 0 Å². The maximum Gasteiger partial charge on any atom is 0.415 e. The van der Waals surface area contributed by atoms with Crippen LogP contribution in [0, 0.1) is 0 Å². The zero-order valence-corrected chi connectivity index (χ0v) is 18.4. The van der Waals surface area contributed by atoms with Gasteiger partial charge in [-0.25, -0.2) is 4.79 Å². The molecule has 0 unspecified atom stereocenters. The van der Waals surface area contributed by atoms with E-state index in [-0.39, 0.29) is 13.3 Å². The lowest BCUT2D eigenvalue weighted by molar-refractivity contribution is 0.129. The number of para-hydroxylation sites is 2. The van der Waals surface area contributed by atoms with Crippen LogP contribution in [-0.4, -0.2) is 32.8 Å². The molecule has 1 amide bonds. The molecule has 0 N–H and O–H groups in total. The van der Waals surface area contributed by atoms with Crippen molar-refractivity contribution in [1.29, 1.82) is 0 Å². The van der Waals surface area contributed by atoms with E-state index in [2.05, 4.69) is 5.16 Å². The first kappa shape index (κ1) is 22.8. The molecule has 32 heavy (non-hydrogen) atoms. The summed E-state index contributed by atoms with van der Waals surface area (Å²) in [5.74, 6) is 1.52. The number of carbonyl (C=O) groups is 1.